The first-order valence-corrected chi connectivity index (χ1v) is 6.55. The van der Waals surface area contributed by atoms with Crippen molar-refractivity contribution in [2.75, 3.05) is 19.8 Å². The van der Waals surface area contributed by atoms with E-state index in [9.17, 15) is 4.79 Å². The molecule has 100 valence electrons. The quantitative estimate of drug-likeness (QED) is 0.506. The van der Waals surface area contributed by atoms with Crippen molar-refractivity contribution >= 4 is 23.1 Å². The molecule has 0 aromatic carbocycles. The molecule has 5 heteroatoms. The van der Waals surface area contributed by atoms with E-state index in [1.807, 2.05) is 25.7 Å². The number of amides is 1. The molecule has 0 unspecified atom stereocenters. The third-order valence-electron chi connectivity index (χ3n) is 2.43. The van der Waals surface area contributed by atoms with Gasteiger partial charge in [0.2, 0.25) is 5.91 Å². The summed E-state index contributed by atoms with van der Waals surface area (Å²) in [7, 11) is 0. The number of nitrogens with zero attached hydrogens (tertiary/aromatic N) is 1. The first-order valence-electron chi connectivity index (χ1n) is 6.14. The summed E-state index contributed by atoms with van der Waals surface area (Å²) in [5.41, 5.74) is 5.45. The van der Waals surface area contributed by atoms with E-state index in [2.05, 4.69) is 0 Å². The van der Waals surface area contributed by atoms with Crippen LogP contribution in [0.15, 0.2) is 0 Å². The van der Waals surface area contributed by atoms with Gasteiger partial charge in [0, 0.05) is 38.6 Å². The van der Waals surface area contributed by atoms with E-state index in [-0.39, 0.29) is 11.9 Å². The number of ether oxygens (including phenoxy) is 1. The molecular weight excluding hydrogens is 236 g/mol. The van der Waals surface area contributed by atoms with Crippen molar-refractivity contribution in [3.05, 3.63) is 0 Å². The molecule has 17 heavy (non-hydrogen) atoms. The van der Waals surface area contributed by atoms with Gasteiger partial charge in [-0.25, -0.2) is 0 Å². The number of carbonyl (C=O) groups excluding carboxylic acids is 1. The van der Waals surface area contributed by atoms with Crippen LogP contribution in [0.1, 0.15) is 40.0 Å². The van der Waals surface area contributed by atoms with Crippen LogP contribution in [0.2, 0.25) is 0 Å². The highest BCUT2D eigenvalue weighted by Crippen LogP contribution is 2.05. The molecule has 0 rings (SSSR count). The third kappa shape index (κ3) is 8.10. The Morgan fingerprint density at radius 3 is 2.53 bits per heavy atom. The van der Waals surface area contributed by atoms with E-state index in [0.29, 0.717) is 37.6 Å². The lowest BCUT2D eigenvalue weighted by Gasteiger charge is -2.26. The number of hydrogen-bond donors (Lipinski definition) is 1. The van der Waals surface area contributed by atoms with E-state index in [0.717, 1.165) is 6.42 Å². The maximum Gasteiger partial charge on any atom is 0.222 e. The average Bonchev–Trinajstić information content (AvgIpc) is 2.23. The van der Waals surface area contributed by atoms with Gasteiger partial charge < -0.3 is 15.4 Å². The molecule has 0 spiro atoms. The number of nitrogens with two attached hydrogens (primary N) is 1. The summed E-state index contributed by atoms with van der Waals surface area (Å²) in [5.74, 6) is 0.149. The minimum absolute atomic E-state index is 0.149. The summed E-state index contributed by atoms with van der Waals surface area (Å²) >= 11 is 4.83. The highest BCUT2D eigenvalue weighted by Gasteiger charge is 2.16. The van der Waals surface area contributed by atoms with Crippen LogP contribution in [0, 0.1) is 0 Å². The molecule has 2 N–H and O–H groups in total. The Hall–Kier alpha value is -0.680. The molecule has 0 heterocycles. The van der Waals surface area contributed by atoms with Crippen molar-refractivity contribution in [1.29, 1.82) is 0 Å². The molecule has 1 amide bonds. The molecule has 0 aliphatic carbocycles. The van der Waals surface area contributed by atoms with Crippen molar-refractivity contribution in [3.63, 3.8) is 0 Å². The van der Waals surface area contributed by atoms with Gasteiger partial charge in [-0.2, -0.15) is 0 Å². The van der Waals surface area contributed by atoms with Crippen molar-refractivity contribution in [3.8, 4) is 0 Å². The van der Waals surface area contributed by atoms with Crippen LogP contribution in [0.4, 0.5) is 0 Å². The molecule has 0 saturated heterocycles. The first kappa shape index (κ1) is 16.3. The fraction of sp³-hybridized carbons (Fsp3) is 0.833. The Morgan fingerprint density at radius 2 is 2.06 bits per heavy atom. The normalized spacial score (nSPS) is 10.6. The van der Waals surface area contributed by atoms with Gasteiger partial charge in [-0.05, 0) is 27.2 Å². The minimum atomic E-state index is 0.149. The monoisotopic (exact) mass is 260 g/mol. The Morgan fingerprint density at radius 1 is 1.41 bits per heavy atom. The smallest absolute Gasteiger partial charge is 0.222 e. The first-order chi connectivity index (χ1) is 7.99. The van der Waals surface area contributed by atoms with Crippen molar-refractivity contribution in [1.82, 2.24) is 4.90 Å². The summed E-state index contributed by atoms with van der Waals surface area (Å²) < 4.78 is 5.21. The lowest BCUT2D eigenvalue weighted by atomic mass is 10.2. The lowest BCUT2D eigenvalue weighted by molar-refractivity contribution is -0.133. The lowest BCUT2D eigenvalue weighted by Crippen LogP contribution is -2.38. The van der Waals surface area contributed by atoms with Crippen LogP contribution < -0.4 is 5.73 Å². The van der Waals surface area contributed by atoms with Gasteiger partial charge in [0.15, 0.2) is 0 Å². The van der Waals surface area contributed by atoms with Gasteiger partial charge in [0.05, 0.1) is 4.99 Å². The van der Waals surface area contributed by atoms with Crippen LogP contribution in [0.3, 0.4) is 0 Å². The van der Waals surface area contributed by atoms with Crippen LogP contribution in [-0.2, 0) is 9.53 Å². The molecule has 0 fully saturated rings. The summed E-state index contributed by atoms with van der Waals surface area (Å²) in [5, 5.41) is 0. The van der Waals surface area contributed by atoms with E-state index in [1.165, 1.54) is 0 Å². The van der Waals surface area contributed by atoms with Crippen molar-refractivity contribution in [2.45, 2.75) is 46.1 Å². The molecule has 0 bridgehead atoms. The predicted octanol–water partition coefficient (Wildman–Crippen LogP) is 1.72. The van der Waals surface area contributed by atoms with Gasteiger partial charge in [-0.1, -0.05) is 12.2 Å². The highest BCUT2D eigenvalue weighted by atomic mass is 32.1. The largest absolute Gasteiger partial charge is 0.393 e. The van der Waals surface area contributed by atoms with E-state index in [4.69, 9.17) is 22.7 Å². The summed E-state index contributed by atoms with van der Waals surface area (Å²) in [6, 6.07) is 0.184. The standard InChI is InChI=1S/C12H24N2O2S/c1-4-16-9-5-6-12(15)14(10(2)3)8-7-11(13)17/h10H,4-9H2,1-3H3,(H2,13,17). The molecular formula is C12H24N2O2S. The van der Waals surface area contributed by atoms with Gasteiger partial charge in [0.1, 0.15) is 0 Å². The summed E-state index contributed by atoms with van der Waals surface area (Å²) in [4.78, 5) is 14.2. The SMILES string of the molecule is CCOCCCC(=O)N(CCC(N)=S)C(C)C. The highest BCUT2D eigenvalue weighted by molar-refractivity contribution is 7.80. The zero-order chi connectivity index (χ0) is 13.3. The van der Waals surface area contributed by atoms with Gasteiger partial charge in [0.25, 0.3) is 0 Å². The molecule has 0 aromatic heterocycles. The molecule has 0 aliphatic rings. The maximum atomic E-state index is 11.9. The molecule has 4 nitrogen and oxygen atoms in total. The molecule has 0 atom stereocenters. The second kappa shape index (κ2) is 9.36. The van der Waals surface area contributed by atoms with E-state index in [1.54, 1.807) is 0 Å². The fourth-order valence-corrected chi connectivity index (χ4v) is 1.61. The molecule has 0 aliphatic heterocycles. The predicted molar refractivity (Wildman–Crippen MR) is 74.0 cm³/mol. The number of rotatable bonds is 9. The van der Waals surface area contributed by atoms with Crippen molar-refractivity contribution in [2.24, 2.45) is 5.73 Å². The molecule has 0 saturated carbocycles. The maximum absolute atomic E-state index is 11.9. The Balaban J connectivity index is 4.02. The van der Waals surface area contributed by atoms with Gasteiger partial charge in [-0.15, -0.1) is 0 Å². The number of carbonyl (C=O) groups is 1. The summed E-state index contributed by atoms with van der Waals surface area (Å²) in [6.45, 7) is 7.90. The molecule has 0 aromatic rings. The second-order valence-corrected chi connectivity index (χ2v) is 4.72. The summed E-state index contributed by atoms with van der Waals surface area (Å²) in [6.07, 6.45) is 1.88. The van der Waals surface area contributed by atoms with Gasteiger partial charge in [-0.3, -0.25) is 4.79 Å². The molecule has 0 radical (unpaired) electrons. The van der Waals surface area contributed by atoms with Crippen molar-refractivity contribution < 1.29 is 9.53 Å². The van der Waals surface area contributed by atoms with Crippen LogP contribution >= 0.6 is 12.2 Å². The number of hydrogen-bond acceptors (Lipinski definition) is 3. The Labute approximate surface area is 109 Å². The van der Waals surface area contributed by atoms with E-state index >= 15 is 0 Å². The average molecular weight is 260 g/mol. The Bertz CT molecular complexity index is 245. The topological polar surface area (TPSA) is 55.6 Å². The third-order valence-corrected chi connectivity index (χ3v) is 2.63. The number of thiocarbonyl (C=S) groups is 1. The van der Waals surface area contributed by atoms with E-state index < -0.39 is 0 Å². The zero-order valence-electron chi connectivity index (χ0n) is 11.1. The minimum Gasteiger partial charge on any atom is -0.393 e. The van der Waals surface area contributed by atoms with Crippen LogP contribution in [0.5, 0.6) is 0 Å². The van der Waals surface area contributed by atoms with Crippen LogP contribution in [0.25, 0.3) is 0 Å². The van der Waals surface area contributed by atoms with Crippen LogP contribution in [-0.4, -0.2) is 41.6 Å². The fourth-order valence-electron chi connectivity index (χ4n) is 1.51. The Kier molecular flexibility index (Phi) is 8.99. The second-order valence-electron chi connectivity index (χ2n) is 4.20. The van der Waals surface area contributed by atoms with Gasteiger partial charge >= 0.3 is 0 Å². The zero-order valence-corrected chi connectivity index (χ0v) is 11.9.